The minimum atomic E-state index is -3.77. The van der Waals surface area contributed by atoms with E-state index in [0.717, 1.165) is 0 Å². The first-order chi connectivity index (χ1) is 5.20. The first-order valence-corrected chi connectivity index (χ1v) is 4.64. The first-order valence-electron chi connectivity index (χ1n) is 3.13. The van der Waals surface area contributed by atoms with Crippen molar-refractivity contribution in [3.05, 3.63) is 0 Å². The number of hydrogen-bond acceptors (Lipinski definition) is 5. The Morgan fingerprint density at radius 2 is 1.85 bits per heavy atom. The minimum Gasteiger partial charge on any atom is -0.870 e. The third-order valence-electron chi connectivity index (χ3n) is 1.43. The molecule has 0 rings (SSSR count). The molecule has 0 aliphatic heterocycles. The second-order valence-electron chi connectivity index (χ2n) is 2.82. The van der Waals surface area contributed by atoms with Crippen molar-refractivity contribution in [2.24, 2.45) is 5.14 Å². The number of carbonyl (C=O) groups is 1. The summed E-state index contributed by atoms with van der Waals surface area (Å²) in [6.45, 7) is -0.296. The van der Waals surface area contributed by atoms with Gasteiger partial charge in [-0.25, -0.2) is 8.68 Å². The predicted molar refractivity (Wildman–Crippen MR) is 44.0 cm³/mol. The highest BCUT2D eigenvalue weighted by Gasteiger charge is 2.32. The van der Waals surface area contributed by atoms with Crippen LogP contribution < -0.4 is 5.14 Å². The molecule has 0 aromatic carbocycles. The Kier molecular flexibility index (Phi) is 5.14. The van der Waals surface area contributed by atoms with Crippen molar-refractivity contribution >= 4 is 16.2 Å². The predicted octanol–water partition coefficient (Wildman–Crippen LogP) is -1.74. The maximum Gasteiger partial charge on any atom is 0.367 e. The number of carbonyl (C=O) groups excluding carboxylic acids is 1. The summed E-state index contributed by atoms with van der Waals surface area (Å²) < 4.78 is 25.4. The first kappa shape index (κ1) is 14.8. The van der Waals surface area contributed by atoms with Gasteiger partial charge in [0, 0.05) is 0 Å². The lowest BCUT2D eigenvalue weighted by atomic mass is 10.6. The van der Waals surface area contributed by atoms with Crippen molar-refractivity contribution in [3.63, 3.8) is 0 Å². The molecular formula is C5H14N2O5S. The van der Waals surface area contributed by atoms with Crippen LogP contribution in [0.5, 0.6) is 0 Å². The van der Waals surface area contributed by atoms with Crippen molar-refractivity contribution in [2.45, 2.75) is 0 Å². The number of likely N-dealkylation sites (N-methyl/N-ethyl adjacent to an activating group) is 1. The highest BCUT2D eigenvalue weighted by molar-refractivity contribution is 7.83. The molecule has 0 aliphatic carbocycles. The molecule has 7 nitrogen and oxygen atoms in total. The Labute approximate surface area is 77.2 Å². The van der Waals surface area contributed by atoms with E-state index in [9.17, 15) is 13.2 Å². The van der Waals surface area contributed by atoms with Crippen molar-refractivity contribution in [1.29, 1.82) is 0 Å². The molecule has 0 spiro atoms. The Balaban J connectivity index is 0. The van der Waals surface area contributed by atoms with Crippen LogP contribution in [-0.2, 0) is 19.7 Å². The van der Waals surface area contributed by atoms with Gasteiger partial charge in [0.05, 0.1) is 21.2 Å². The Morgan fingerprint density at radius 3 is 2.08 bits per heavy atom. The number of esters is 1. The number of ether oxygens (including phenoxy) is 1. The average molecular weight is 214 g/mol. The Hall–Kier alpha value is -0.700. The van der Waals surface area contributed by atoms with Crippen LogP contribution in [0.1, 0.15) is 0 Å². The molecule has 0 atom stereocenters. The molecule has 0 bridgehead atoms. The van der Waals surface area contributed by atoms with Crippen LogP contribution in [0.3, 0.4) is 0 Å². The Morgan fingerprint density at radius 1 is 1.46 bits per heavy atom. The zero-order valence-corrected chi connectivity index (χ0v) is 8.54. The third-order valence-corrected chi connectivity index (χ3v) is 2.93. The molecule has 0 heterocycles. The molecule has 0 aromatic heterocycles. The summed E-state index contributed by atoms with van der Waals surface area (Å²) >= 11 is 0. The lowest BCUT2D eigenvalue weighted by Gasteiger charge is -2.23. The zero-order chi connectivity index (χ0) is 9.99. The van der Waals surface area contributed by atoms with Gasteiger partial charge in [0.2, 0.25) is 0 Å². The van der Waals surface area contributed by atoms with Crippen LogP contribution in [-0.4, -0.2) is 51.5 Å². The van der Waals surface area contributed by atoms with Crippen LogP contribution >= 0.6 is 0 Å². The fourth-order valence-electron chi connectivity index (χ4n) is 0.465. The van der Waals surface area contributed by atoms with Gasteiger partial charge >= 0.3 is 16.2 Å². The van der Waals surface area contributed by atoms with E-state index in [1.807, 2.05) is 0 Å². The van der Waals surface area contributed by atoms with E-state index in [2.05, 4.69) is 4.74 Å². The summed E-state index contributed by atoms with van der Waals surface area (Å²) in [5, 5.41) is 4.85. The van der Waals surface area contributed by atoms with Gasteiger partial charge in [-0.1, -0.05) is 0 Å². The molecule has 13 heavy (non-hydrogen) atoms. The molecule has 0 aromatic rings. The number of nitrogens with zero attached hydrogens (tertiary/aromatic N) is 1. The van der Waals surface area contributed by atoms with E-state index < -0.39 is 20.1 Å². The van der Waals surface area contributed by atoms with E-state index in [1.165, 1.54) is 21.2 Å². The zero-order valence-electron chi connectivity index (χ0n) is 7.72. The summed E-state index contributed by atoms with van der Waals surface area (Å²) in [4.78, 5) is 10.7. The molecule has 80 valence electrons. The van der Waals surface area contributed by atoms with Gasteiger partial charge in [0.25, 0.3) is 0 Å². The third kappa shape index (κ3) is 4.18. The SMILES string of the molecule is COC(=O)C[N+](C)(C)S(N)(=O)=O.[OH-]. The highest BCUT2D eigenvalue weighted by atomic mass is 32.2. The second-order valence-corrected chi connectivity index (χ2v) is 4.84. The molecule has 0 radical (unpaired) electrons. The van der Waals surface area contributed by atoms with Gasteiger partial charge in [-0.3, -0.25) is 0 Å². The normalized spacial score (nSPS) is 11.7. The standard InChI is InChI=1S/C5H13N2O4S.H2O/c1-7(2,12(6,9)10)4-5(8)11-3;/h4H2,1-3H3,(H2,6,9,10);1H2/q+1;/p-1. The summed E-state index contributed by atoms with van der Waals surface area (Å²) in [5.41, 5.74) is 0. The van der Waals surface area contributed by atoms with E-state index >= 15 is 0 Å². The number of quaternary nitrogens is 1. The topological polar surface area (TPSA) is 116 Å². The van der Waals surface area contributed by atoms with Crippen LogP contribution in [0.4, 0.5) is 0 Å². The molecule has 0 aliphatic rings. The van der Waals surface area contributed by atoms with Crippen LogP contribution in [0.25, 0.3) is 0 Å². The molecule has 0 saturated carbocycles. The van der Waals surface area contributed by atoms with Crippen LogP contribution in [0, 0.1) is 0 Å². The van der Waals surface area contributed by atoms with E-state index in [-0.39, 0.29) is 12.0 Å². The fourth-order valence-corrected chi connectivity index (χ4v) is 0.751. The summed E-state index contributed by atoms with van der Waals surface area (Å²) in [7, 11) is 0.0386. The minimum absolute atomic E-state index is 0. The molecule has 8 heteroatoms. The molecule has 0 saturated heterocycles. The summed E-state index contributed by atoms with van der Waals surface area (Å²) in [6.07, 6.45) is 0. The van der Waals surface area contributed by atoms with Gasteiger partial charge in [0.15, 0.2) is 6.54 Å². The number of methoxy groups -OCH3 is 1. The number of rotatable bonds is 3. The van der Waals surface area contributed by atoms with Gasteiger partial charge < -0.3 is 10.2 Å². The summed E-state index contributed by atoms with van der Waals surface area (Å²) in [6, 6.07) is 0. The number of nitrogens with two attached hydrogens (primary N) is 1. The van der Waals surface area contributed by atoms with Crippen molar-refractivity contribution in [3.8, 4) is 0 Å². The molecule has 0 fully saturated rings. The monoisotopic (exact) mass is 214 g/mol. The van der Waals surface area contributed by atoms with Crippen molar-refractivity contribution in [2.75, 3.05) is 27.7 Å². The van der Waals surface area contributed by atoms with Gasteiger partial charge in [-0.05, 0) is 0 Å². The fraction of sp³-hybridized carbons (Fsp3) is 0.800. The molecule has 3 N–H and O–H groups in total. The molecular weight excluding hydrogens is 200 g/mol. The van der Waals surface area contributed by atoms with E-state index in [0.29, 0.717) is 0 Å². The van der Waals surface area contributed by atoms with E-state index in [4.69, 9.17) is 5.14 Å². The van der Waals surface area contributed by atoms with Crippen molar-refractivity contribution in [1.82, 2.24) is 0 Å². The van der Waals surface area contributed by atoms with E-state index in [1.54, 1.807) is 0 Å². The quantitative estimate of drug-likeness (QED) is 0.442. The largest absolute Gasteiger partial charge is 0.870 e. The smallest absolute Gasteiger partial charge is 0.367 e. The summed E-state index contributed by atoms with van der Waals surface area (Å²) in [5.74, 6) is -0.617. The maximum atomic E-state index is 10.8. The van der Waals surface area contributed by atoms with Gasteiger partial charge in [-0.15, -0.1) is 0 Å². The highest BCUT2D eigenvalue weighted by Crippen LogP contribution is 2.02. The van der Waals surface area contributed by atoms with Gasteiger partial charge in [-0.2, -0.15) is 13.6 Å². The number of hydrogen-bond donors (Lipinski definition) is 1. The average Bonchev–Trinajstić information content (AvgIpc) is 1.84. The Bertz CT molecular complexity index is 271. The molecule has 0 unspecified atom stereocenters. The van der Waals surface area contributed by atoms with Crippen LogP contribution in [0.15, 0.2) is 0 Å². The molecule has 0 amide bonds. The van der Waals surface area contributed by atoms with Gasteiger partial charge in [0.1, 0.15) is 0 Å². The lowest BCUT2D eigenvalue weighted by molar-refractivity contribution is -0.754. The maximum absolute atomic E-state index is 10.8. The second kappa shape index (κ2) is 4.51. The van der Waals surface area contributed by atoms with Crippen molar-refractivity contribution < 1.29 is 27.3 Å². The van der Waals surface area contributed by atoms with Crippen LogP contribution in [0.2, 0.25) is 0 Å². The lowest BCUT2D eigenvalue weighted by Crippen LogP contribution is -2.52.